The minimum atomic E-state index is -1.61. The highest BCUT2D eigenvalue weighted by molar-refractivity contribution is 7.79. The van der Waals surface area contributed by atoms with Crippen molar-refractivity contribution in [3.63, 3.8) is 0 Å². The van der Waals surface area contributed by atoms with Gasteiger partial charge in [-0.1, -0.05) is 13.3 Å². The normalized spacial score (nSPS) is 22.4. The first kappa shape index (κ1) is 12.1. The predicted molar refractivity (Wildman–Crippen MR) is 59.7 cm³/mol. The number of piperidine rings is 1. The van der Waals surface area contributed by atoms with Crippen LogP contribution in [0.5, 0.6) is 0 Å². The van der Waals surface area contributed by atoms with E-state index in [-0.39, 0.29) is 0 Å². The first-order chi connectivity index (χ1) is 6.72. The number of nitrogens with zero attached hydrogens (tertiary/aromatic N) is 1. The third-order valence-electron chi connectivity index (χ3n) is 3.08. The highest BCUT2D eigenvalue weighted by Gasteiger charge is 2.16. The summed E-state index contributed by atoms with van der Waals surface area (Å²) in [5, 5.41) is 0. The van der Waals surface area contributed by atoms with Gasteiger partial charge >= 0.3 is 0 Å². The predicted octanol–water partition coefficient (Wildman–Crippen LogP) is 1.72. The molecule has 0 aromatic carbocycles. The Bertz CT molecular complexity index is 179. The molecule has 1 atom stereocenters. The Morgan fingerprint density at radius 1 is 1.43 bits per heavy atom. The van der Waals surface area contributed by atoms with Crippen LogP contribution in [-0.2, 0) is 11.1 Å². The van der Waals surface area contributed by atoms with Crippen molar-refractivity contribution in [2.45, 2.75) is 32.6 Å². The largest absolute Gasteiger partial charge is 0.306 e. The summed E-state index contributed by atoms with van der Waals surface area (Å²) in [5.74, 6) is 1.34. The molecule has 0 aromatic heterocycles. The first-order valence-corrected chi connectivity index (χ1v) is 6.79. The topological polar surface area (TPSA) is 40.5 Å². The standard InChI is InChI=1S/C10H21NO2S/c1-2-10-4-7-11(8-5-10)6-3-9-14(12)13/h10H,2-9H2,1H3,(H,12,13). The van der Waals surface area contributed by atoms with Crippen LogP contribution >= 0.6 is 0 Å². The van der Waals surface area contributed by atoms with E-state index in [1.165, 1.54) is 32.4 Å². The molecule has 0 amide bonds. The first-order valence-electron chi connectivity index (χ1n) is 5.52. The molecule has 0 bridgehead atoms. The Kier molecular flexibility index (Phi) is 5.67. The maximum atomic E-state index is 10.4. The van der Waals surface area contributed by atoms with Gasteiger partial charge in [0.05, 0.1) is 5.75 Å². The van der Waals surface area contributed by atoms with Crippen LogP contribution in [0.2, 0.25) is 0 Å². The van der Waals surface area contributed by atoms with E-state index >= 15 is 0 Å². The van der Waals surface area contributed by atoms with E-state index in [9.17, 15) is 4.21 Å². The lowest BCUT2D eigenvalue weighted by atomic mass is 9.94. The highest BCUT2D eigenvalue weighted by Crippen LogP contribution is 2.19. The molecule has 1 unspecified atom stereocenters. The summed E-state index contributed by atoms with van der Waals surface area (Å²) in [6.07, 6.45) is 4.76. The molecule has 1 saturated heterocycles. The van der Waals surface area contributed by atoms with Gasteiger partial charge in [-0.15, -0.1) is 0 Å². The molecule has 0 saturated carbocycles. The summed E-state index contributed by atoms with van der Waals surface area (Å²) in [6.45, 7) is 5.60. The highest BCUT2D eigenvalue weighted by atomic mass is 32.2. The lowest BCUT2D eigenvalue weighted by Gasteiger charge is -2.31. The molecule has 1 N–H and O–H groups in total. The fourth-order valence-corrected chi connectivity index (χ4v) is 2.41. The van der Waals surface area contributed by atoms with Crippen LogP contribution in [0.15, 0.2) is 0 Å². The lowest BCUT2D eigenvalue weighted by Crippen LogP contribution is -2.34. The Morgan fingerprint density at radius 2 is 2.07 bits per heavy atom. The Hall–Kier alpha value is 0.0700. The number of hydrogen-bond donors (Lipinski definition) is 1. The van der Waals surface area contributed by atoms with Crippen LogP contribution in [0, 0.1) is 5.92 Å². The molecule has 1 fully saturated rings. The van der Waals surface area contributed by atoms with Crippen molar-refractivity contribution < 1.29 is 8.76 Å². The van der Waals surface area contributed by atoms with Gasteiger partial charge in [0.15, 0.2) is 11.1 Å². The van der Waals surface area contributed by atoms with Crippen molar-refractivity contribution in [1.82, 2.24) is 4.90 Å². The van der Waals surface area contributed by atoms with Gasteiger partial charge in [0, 0.05) is 0 Å². The minimum Gasteiger partial charge on any atom is -0.306 e. The van der Waals surface area contributed by atoms with E-state index < -0.39 is 11.1 Å². The molecule has 84 valence electrons. The van der Waals surface area contributed by atoms with Crippen molar-refractivity contribution >= 4 is 11.1 Å². The van der Waals surface area contributed by atoms with Crippen molar-refractivity contribution in [1.29, 1.82) is 0 Å². The van der Waals surface area contributed by atoms with Crippen LogP contribution in [0.1, 0.15) is 32.6 Å². The van der Waals surface area contributed by atoms with Gasteiger partial charge in [0.25, 0.3) is 0 Å². The molecule has 4 heteroatoms. The summed E-state index contributed by atoms with van der Waals surface area (Å²) in [7, 11) is 0. The summed E-state index contributed by atoms with van der Waals surface area (Å²) in [6, 6.07) is 0. The quantitative estimate of drug-likeness (QED) is 0.716. The number of likely N-dealkylation sites (tertiary alicyclic amines) is 1. The third-order valence-corrected chi connectivity index (χ3v) is 3.72. The van der Waals surface area contributed by atoms with Gasteiger partial charge in [-0.25, -0.2) is 4.21 Å². The maximum absolute atomic E-state index is 10.4. The van der Waals surface area contributed by atoms with Crippen LogP contribution < -0.4 is 0 Å². The average molecular weight is 219 g/mol. The summed E-state index contributed by atoms with van der Waals surface area (Å²) < 4.78 is 19.0. The summed E-state index contributed by atoms with van der Waals surface area (Å²) in [4.78, 5) is 2.42. The Labute approximate surface area is 89.2 Å². The lowest BCUT2D eigenvalue weighted by molar-refractivity contribution is 0.182. The zero-order chi connectivity index (χ0) is 10.4. The molecule has 0 aliphatic carbocycles. The smallest absolute Gasteiger partial charge is 0.152 e. The van der Waals surface area contributed by atoms with Gasteiger partial charge in [-0.05, 0) is 44.8 Å². The van der Waals surface area contributed by atoms with Crippen molar-refractivity contribution in [2.75, 3.05) is 25.4 Å². The van der Waals surface area contributed by atoms with Crippen molar-refractivity contribution in [3.8, 4) is 0 Å². The Morgan fingerprint density at radius 3 is 2.57 bits per heavy atom. The van der Waals surface area contributed by atoms with Gasteiger partial charge in [0.2, 0.25) is 0 Å². The van der Waals surface area contributed by atoms with Crippen molar-refractivity contribution in [3.05, 3.63) is 0 Å². The number of hydrogen-bond acceptors (Lipinski definition) is 2. The van der Waals surface area contributed by atoms with Crippen LogP contribution in [0.3, 0.4) is 0 Å². The molecular formula is C10H21NO2S. The molecule has 1 rings (SSSR count). The molecule has 1 heterocycles. The SMILES string of the molecule is CCC1CCN(CCCS(=O)O)CC1. The van der Waals surface area contributed by atoms with E-state index in [2.05, 4.69) is 11.8 Å². The minimum absolute atomic E-state index is 0.424. The Balaban J connectivity index is 2.07. The van der Waals surface area contributed by atoms with E-state index in [4.69, 9.17) is 4.55 Å². The average Bonchev–Trinajstić information content (AvgIpc) is 2.18. The van der Waals surface area contributed by atoms with Gasteiger partial charge in [0.1, 0.15) is 0 Å². The maximum Gasteiger partial charge on any atom is 0.152 e. The van der Waals surface area contributed by atoms with E-state index in [1.54, 1.807) is 0 Å². The van der Waals surface area contributed by atoms with Crippen LogP contribution in [-0.4, -0.2) is 39.0 Å². The van der Waals surface area contributed by atoms with Gasteiger partial charge in [-0.3, -0.25) is 0 Å². The molecular weight excluding hydrogens is 198 g/mol. The zero-order valence-electron chi connectivity index (χ0n) is 8.95. The summed E-state index contributed by atoms with van der Waals surface area (Å²) in [5.41, 5.74) is 0. The van der Waals surface area contributed by atoms with E-state index in [0.717, 1.165) is 18.9 Å². The molecule has 0 aromatic rings. The van der Waals surface area contributed by atoms with Crippen LogP contribution in [0.25, 0.3) is 0 Å². The second kappa shape index (κ2) is 6.53. The van der Waals surface area contributed by atoms with Crippen LogP contribution in [0.4, 0.5) is 0 Å². The zero-order valence-corrected chi connectivity index (χ0v) is 9.76. The molecule has 0 spiro atoms. The van der Waals surface area contributed by atoms with Gasteiger partial charge in [-0.2, -0.15) is 0 Å². The van der Waals surface area contributed by atoms with Gasteiger partial charge < -0.3 is 9.45 Å². The molecule has 14 heavy (non-hydrogen) atoms. The van der Waals surface area contributed by atoms with E-state index in [1.807, 2.05) is 0 Å². The fourth-order valence-electron chi connectivity index (χ4n) is 2.03. The third kappa shape index (κ3) is 4.53. The monoisotopic (exact) mass is 219 g/mol. The number of rotatable bonds is 5. The second-order valence-electron chi connectivity index (χ2n) is 4.07. The van der Waals surface area contributed by atoms with Crippen molar-refractivity contribution in [2.24, 2.45) is 5.92 Å². The molecule has 0 radical (unpaired) electrons. The molecule has 3 nitrogen and oxygen atoms in total. The van der Waals surface area contributed by atoms with E-state index in [0.29, 0.717) is 5.75 Å². The molecule has 1 aliphatic heterocycles. The second-order valence-corrected chi connectivity index (χ2v) is 5.12. The summed E-state index contributed by atoms with van der Waals surface area (Å²) >= 11 is -1.61. The fraction of sp³-hybridized carbons (Fsp3) is 1.00. The molecule has 1 aliphatic rings.